The molecule has 130 valence electrons. The topological polar surface area (TPSA) is 146 Å². The highest BCUT2D eigenvalue weighted by atomic mass is 16.4. The monoisotopic (exact) mass is 345 g/mol. The van der Waals surface area contributed by atoms with Gasteiger partial charge in [-0.3, -0.25) is 4.79 Å². The first kappa shape index (κ1) is 17.9. The van der Waals surface area contributed by atoms with Gasteiger partial charge in [0.2, 0.25) is 0 Å². The minimum Gasteiger partial charge on any atom is -0.477 e. The highest BCUT2D eigenvalue weighted by Crippen LogP contribution is 2.15. The van der Waals surface area contributed by atoms with Crippen LogP contribution in [0.2, 0.25) is 0 Å². The van der Waals surface area contributed by atoms with E-state index in [0.29, 0.717) is 31.7 Å². The lowest BCUT2D eigenvalue weighted by Crippen LogP contribution is -2.34. The van der Waals surface area contributed by atoms with Crippen LogP contribution in [0.5, 0.6) is 0 Å². The molecule has 3 rings (SSSR count). The number of ketones is 1. The summed E-state index contributed by atoms with van der Waals surface area (Å²) in [5, 5.41) is 17.1. The standard InChI is InChI=1S/C10H11N3O3.C5H4N2O2/c14-7-1-3-13(4-2-7)9-5-8(10(15)16)11-6-12-9;8-5(9)4-1-2-6-3-7-4/h5-6H,1-4H2,(H,15,16);1-3H,(H,8,9). The van der Waals surface area contributed by atoms with E-state index in [2.05, 4.69) is 19.9 Å². The maximum absolute atomic E-state index is 11.1. The molecule has 1 aliphatic rings. The van der Waals surface area contributed by atoms with E-state index in [-0.39, 0.29) is 17.2 Å². The Balaban J connectivity index is 0.000000212. The van der Waals surface area contributed by atoms with Crippen LogP contribution >= 0.6 is 0 Å². The number of aromatic nitrogens is 4. The average molecular weight is 345 g/mol. The number of Topliss-reactive ketones (excluding diaryl/α,β-unsaturated/α-hetero) is 1. The predicted octanol–water partition coefficient (Wildman–Crippen LogP) is 0.519. The van der Waals surface area contributed by atoms with Gasteiger partial charge in [0.25, 0.3) is 0 Å². The second kappa shape index (κ2) is 8.43. The molecular weight excluding hydrogens is 330 g/mol. The van der Waals surface area contributed by atoms with Crippen LogP contribution in [-0.4, -0.2) is 61.0 Å². The van der Waals surface area contributed by atoms with Gasteiger partial charge < -0.3 is 15.1 Å². The van der Waals surface area contributed by atoms with E-state index in [1.54, 1.807) is 0 Å². The summed E-state index contributed by atoms with van der Waals surface area (Å²) in [7, 11) is 0. The normalized spacial score (nSPS) is 13.6. The number of rotatable bonds is 3. The lowest BCUT2D eigenvalue weighted by molar-refractivity contribution is -0.119. The van der Waals surface area contributed by atoms with Crippen molar-refractivity contribution in [1.29, 1.82) is 0 Å². The molecule has 25 heavy (non-hydrogen) atoms. The summed E-state index contributed by atoms with van der Waals surface area (Å²) < 4.78 is 0. The summed E-state index contributed by atoms with van der Waals surface area (Å²) in [4.78, 5) is 48.5. The molecule has 3 heterocycles. The first-order chi connectivity index (χ1) is 12.0. The molecular formula is C15H15N5O5. The molecule has 0 spiro atoms. The molecule has 2 N–H and O–H groups in total. The highest BCUT2D eigenvalue weighted by Gasteiger charge is 2.18. The fourth-order valence-corrected chi connectivity index (χ4v) is 2.04. The molecule has 0 radical (unpaired) electrons. The van der Waals surface area contributed by atoms with Gasteiger partial charge in [0.15, 0.2) is 11.4 Å². The third kappa shape index (κ3) is 5.30. The molecule has 0 atom stereocenters. The van der Waals surface area contributed by atoms with Crippen molar-refractivity contribution < 1.29 is 24.6 Å². The SMILES string of the molecule is O=C(O)c1ccncn1.O=C1CCN(c2cc(C(=O)O)ncn2)CC1. The number of piperidine rings is 1. The van der Waals surface area contributed by atoms with Gasteiger partial charge in [0.05, 0.1) is 0 Å². The number of hydrogen-bond donors (Lipinski definition) is 2. The third-order valence-electron chi connectivity index (χ3n) is 3.32. The minimum atomic E-state index is -1.07. The number of carboxylic acids is 2. The van der Waals surface area contributed by atoms with Crippen molar-refractivity contribution >= 4 is 23.5 Å². The van der Waals surface area contributed by atoms with E-state index in [1.807, 2.05) is 4.90 Å². The molecule has 1 fully saturated rings. The Labute approximate surface area is 142 Å². The van der Waals surface area contributed by atoms with Crippen molar-refractivity contribution in [1.82, 2.24) is 19.9 Å². The van der Waals surface area contributed by atoms with Crippen molar-refractivity contribution in [3.8, 4) is 0 Å². The van der Waals surface area contributed by atoms with Gasteiger partial charge >= 0.3 is 11.9 Å². The smallest absolute Gasteiger partial charge is 0.354 e. The lowest BCUT2D eigenvalue weighted by atomic mass is 10.1. The van der Waals surface area contributed by atoms with E-state index < -0.39 is 11.9 Å². The molecule has 0 aliphatic carbocycles. The fraction of sp³-hybridized carbons (Fsp3) is 0.267. The van der Waals surface area contributed by atoms with Crippen LogP contribution in [0.25, 0.3) is 0 Å². The highest BCUT2D eigenvalue weighted by molar-refractivity contribution is 5.86. The minimum absolute atomic E-state index is 0.0185. The maximum Gasteiger partial charge on any atom is 0.354 e. The van der Waals surface area contributed by atoms with Crippen LogP contribution in [0, 0.1) is 0 Å². The molecule has 2 aromatic heterocycles. The molecule has 0 aromatic carbocycles. The van der Waals surface area contributed by atoms with Crippen molar-refractivity contribution in [3.63, 3.8) is 0 Å². The van der Waals surface area contributed by atoms with Gasteiger partial charge in [-0.2, -0.15) is 0 Å². The second-order valence-corrected chi connectivity index (χ2v) is 4.99. The summed E-state index contributed by atoms with van der Waals surface area (Å²) in [6.07, 6.45) is 4.80. The second-order valence-electron chi connectivity index (χ2n) is 4.99. The van der Waals surface area contributed by atoms with Crippen molar-refractivity contribution in [2.45, 2.75) is 12.8 Å². The van der Waals surface area contributed by atoms with Crippen LogP contribution in [-0.2, 0) is 4.79 Å². The number of anilines is 1. The lowest BCUT2D eigenvalue weighted by Gasteiger charge is -2.26. The summed E-state index contributed by atoms with van der Waals surface area (Å²) in [5.41, 5.74) is -0.00750. The van der Waals surface area contributed by atoms with Crippen molar-refractivity contribution in [3.05, 3.63) is 42.4 Å². The first-order valence-corrected chi connectivity index (χ1v) is 7.28. The van der Waals surface area contributed by atoms with Gasteiger partial charge in [-0.1, -0.05) is 0 Å². The molecule has 1 saturated heterocycles. The largest absolute Gasteiger partial charge is 0.477 e. The van der Waals surface area contributed by atoms with Gasteiger partial charge in [0.1, 0.15) is 24.3 Å². The molecule has 0 saturated carbocycles. The molecule has 1 aliphatic heterocycles. The summed E-state index contributed by atoms with van der Waals surface area (Å²) in [6.45, 7) is 1.18. The van der Waals surface area contributed by atoms with Crippen molar-refractivity contribution in [2.24, 2.45) is 0 Å². The van der Waals surface area contributed by atoms with Crippen LogP contribution in [0.1, 0.15) is 33.8 Å². The van der Waals surface area contributed by atoms with Gasteiger partial charge in [-0.25, -0.2) is 29.5 Å². The summed E-state index contributed by atoms with van der Waals surface area (Å²) >= 11 is 0. The Morgan fingerprint density at radius 3 is 2.12 bits per heavy atom. The van der Waals surface area contributed by atoms with E-state index in [1.165, 1.54) is 31.0 Å². The molecule has 10 heteroatoms. The van der Waals surface area contributed by atoms with E-state index in [4.69, 9.17) is 10.2 Å². The zero-order valence-electron chi connectivity index (χ0n) is 13.1. The molecule has 0 amide bonds. The molecule has 0 unspecified atom stereocenters. The Bertz CT molecular complexity index is 758. The number of aromatic carboxylic acids is 2. The Kier molecular flexibility index (Phi) is 6.04. The van der Waals surface area contributed by atoms with Gasteiger partial charge in [-0.05, 0) is 6.07 Å². The van der Waals surface area contributed by atoms with E-state index >= 15 is 0 Å². The molecule has 0 bridgehead atoms. The molecule has 2 aromatic rings. The summed E-state index contributed by atoms with van der Waals surface area (Å²) in [6, 6.07) is 2.76. The Hall–Kier alpha value is -3.43. The number of carboxylic acid groups (broad SMARTS) is 2. The quantitative estimate of drug-likeness (QED) is 0.806. The maximum atomic E-state index is 11.1. The average Bonchev–Trinajstić information content (AvgIpc) is 2.63. The van der Waals surface area contributed by atoms with Crippen LogP contribution in [0.3, 0.4) is 0 Å². The third-order valence-corrected chi connectivity index (χ3v) is 3.32. The Morgan fingerprint density at radius 1 is 0.960 bits per heavy atom. The number of carbonyl (C=O) groups excluding carboxylic acids is 1. The number of nitrogens with zero attached hydrogens (tertiary/aromatic N) is 5. The van der Waals surface area contributed by atoms with E-state index in [0.717, 1.165) is 0 Å². The van der Waals surface area contributed by atoms with E-state index in [9.17, 15) is 14.4 Å². The van der Waals surface area contributed by atoms with Gasteiger partial charge in [-0.15, -0.1) is 0 Å². The fourth-order valence-electron chi connectivity index (χ4n) is 2.04. The predicted molar refractivity (Wildman–Crippen MR) is 84.4 cm³/mol. The first-order valence-electron chi connectivity index (χ1n) is 7.28. The summed E-state index contributed by atoms with van der Waals surface area (Å²) in [5.74, 6) is -1.29. The van der Waals surface area contributed by atoms with Gasteiger partial charge in [0, 0.05) is 38.2 Å². The number of carbonyl (C=O) groups is 3. The zero-order valence-corrected chi connectivity index (χ0v) is 13.1. The van der Waals surface area contributed by atoms with Crippen LogP contribution in [0.4, 0.5) is 5.82 Å². The number of hydrogen-bond acceptors (Lipinski definition) is 8. The van der Waals surface area contributed by atoms with Crippen molar-refractivity contribution in [2.75, 3.05) is 18.0 Å². The van der Waals surface area contributed by atoms with Crippen LogP contribution in [0.15, 0.2) is 31.0 Å². The zero-order chi connectivity index (χ0) is 18.2. The van der Waals surface area contributed by atoms with Crippen LogP contribution < -0.4 is 4.90 Å². The molecule has 10 nitrogen and oxygen atoms in total. The Morgan fingerprint density at radius 2 is 1.60 bits per heavy atom.